The number of hydrogen-bond donors (Lipinski definition) is 1. The molecule has 1 aromatic carbocycles. The molecule has 1 saturated heterocycles. The zero-order valence-corrected chi connectivity index (χ0v) is 10.5. The zero-order chi connectivity index (χ0) is 12.8. The largest absolute Gasteiger partial charge is 0.370 e. The van der Waals surface area contributed by atoms with E-state index < -0.39 is 0 Å². The van der Waals surface area contributed by atoms with Crippen molar-refractivity contribution in [2.24, 2.45) is 10.7 Å². The van der Waals surface area contributed by atoms with Crippen molar-refractivity contribution in [3.8, 4) is 6.07 Å². The van der Waals surface area contributed by atoms with E-state index in [0.29, 0.717) is 18.1 Å². The number of nitriles is 1. The van der Waals surface area contributed by atoms with Crippen LogP contribution in [0, 0.1) is 11.3 Å². The van der Waals surface area contributed by atoms with E-state index in [1.165, 1.54) is 19.3 Å². The molecule has 1 fully saturated rings. The molecule has 0 spiro atoms. The molecule has 4 nitrogen and oxygen atoms in total. The molecule has 4 heteroatoms. The second-order valence-corrected chi connectivity index (χ2v) is 4.53. The summed E-state index contributed by atoms with van der Waals surface area (Å²) in [6.07, 6.45) is 3.69. The van der Waals surface area contributed by atoms with Crippen LogP contribution in [0.15, 0.2) is 29.3 Å². The molecule has 2 N–H and O–H groups in total. The van der Waals surface area contributed by atoms with E-state index >= 15 is 0 Å². The van der Waals surface area contributed by atoms with Gasteiger partial charge in [-0.1, -0.05) is 12.1 Å². The third-order valence-corrected chi connectivity index (χ3v) is 3.19. The average molecular weight is 242 g/mol. The summed E-state index contributed by atoms with van der Waals surface area (Å²) >= 11 is 0. The van der Waals surface area contributed by atoms with Crippen molar-refractivity contribution >= 4 is 5.96 Å². The van der Waals surface area contributed by atoms with Crippen LogP contribution in [0.5, 0.6) is 0 Å². The number of nitrogens with two attached hydrogens (primary N) is 1. The fourth-order valence-corrected chi connectivity index (χ4v) is 2.08. The van der Waals surface area contributed by atoms with Gasteiger partial charge in [-0.05, 0) is 37.0 Å². The Labute approximate surface area is 108 Å². The first-order valence-electron chi connectivity index (χ1n) is 6.33. The summed E-state index contributed by atoms with van der Waals surface area (Å²) in [5, 5.41) is 8.71. The molecular formula is C14H18N4. The molecule has 18 heavy (non-hydrogen) atoms. The molecule has 94 valence electrons. The van der Waals surface area contributed by atoms with Gasteiger partial charge in [0.2, 0.25) is 0 Å². The van der Waals surface area contributed by atoms with Gasteiger partial charge in [0.1, 0.15) is 0 Å². The SMILES string of the molecule is N#Cc1ccc(CN=C(N)N2CCCCC2)cc1. The molecule has 0 unspecified atom stereocenters. The molecule has 0 saturated carbocycles. The molecule has 0 amide bonds. The van der Waals surface area contributed by atoms with Crippen LogP contribution in [-0.2, 0) is 6.54 Å². The maximum atomic E-state index is 8.71. The minimum atomic E-state index is 0.577. The Hall–Kier alpha value is -2.02. The predicted octanol–water partition coefficient (Wildman–Crippen LogP) is 1.86. The second kappa shape index (κ2) is 6.06. The molecule has 0 aliphatic carbocycles. The summed E-state index contributed by atoms with van der Waals surface area (Å²) in [7, 11) is 0. The van der Waals surface area contributed by atoms with Crippen LogP contribution < -0.4 is 5.73 Å². The molecule has 2 rings (SSSR count). The van der Waals surface area contributed by atoms with Crippen molar-refractivity contribution in [2.75, 3.05) is 13.1 Å². The minimum absolute atomic E-state index is 0.577. The molecular weight excluding hydrogens is 224 g/mol. The van der Waals surface area contributed by atoms with Gasteiger partial charge in [-0.2, -0.15) is 5.26 Å². The van der Waals surface area contributed by atoms with E-state index in [1.54, 1.807) is 0 Å². The smallest absolute Gasteiger partial charge is 0.191 e. The summed E-state index contributed by atoms with van der Waals surface area (Å²) < 4.78 is 0. The standard InChI is InChI=1S/C14H18N4/c15-10-12-4-6-13(7-5-12)11-17-14(16)18-8-2-1-3-9-18/h4-7H,1-3,8-9,11H2,(H2,16,17). The fraction of sp³-hybridized carbons (Fsp3) is 0.429. The number of piperidine rings is 1. The highest BCUT2D eigenvalue weighted by Gasteiger charge is 2.11. The Bertz CT molecular complexity index is 450. The van der Waals surface area contributed by atoms with E-state index in [-0.39, 0.29) is 0 Å². The van der Waals surface area contributed by atoms with E-state index in [9.17, 15) is 0 Å². The van der Waals surface area contributed by atoms with Crippen molar-refractivity contribution in [1.29, 1.82) is 5.26 Å². The van der Waals surface area contributed by atoms with Crippen LogP contribution in [0.1, 0.15) is 30.4 Å². The molecule has 1 aliphatic heterocycles. The van der Waals surface area contributed by atoms with Crippen molar-refractivity contribution in [3.63, 3.8) is 0 Å². The van der Waals surface area contributed by atoms with Crippen molar-refractivity contribution < 1.29 is 0 Å². The van der Waals surface area contributed by atoms with Crippen LogP contribution in [0.25, 0.3) is 0 Å². The number of benzene rings is 1. The molecule has 0 radical (unpaired) electrons. The van der Waals surface area contributed by atoms with Gasteiger partial charge >= 0.3 is 0 Å². The van der Waals surface area contributed by atoms with Crippen LogP contribution >= 0.6 is 0 Å². The summed E-state index contributed by atoms with van der Waals surface area (Å²) in [4.78, 5) is 6.56. The third kappa shape index (κ3) is 3.24. The number of likely N-dealkylation sites (tertiary alicyclic amines) is 1. The number of hydrogen-bond acceptors (Lipinski definition) is 2. The van der Waals surface area contributed by atoms with Gasteiger partial charge in [-0.15, -0.1) is 0 Å². The van der Waals surface area contributed by atoms with Crippen molar-refractivity contribution in [3.05, 3.63) is 35.4 Å². The quantitative estimate of drug-likeness (QED) is 0.636. The Balaban J connectivity index is 1.94. The summed E-state index contributed by atoms with van der Waals surface area (Å²) in [6, 6.07) is 9.56. The van der Waals surface area contributed by atoms with Crippen molar-refractivity contribution in [2.45, 2.75) is 25.8 Å². The molecule has 0 aromatic heterocycles. The maximum Gasteiger partial charge on any atom is 0.191 e. The Kier molecular flexibility index (Phi) is 4.19. The summed E-state index contributed by atoms with van der Waals surface area (Å²) in [5.74, 6) is 0.638. The van der Waals surface area contributed by atoms with Gasteiger partial charge in [0.15, 0.2) is 5.96 Å². The Morgan fingerprint density at radius 3 is 2.50 bits per heavy atom. The lowest BCUT2D eigenvalue weighted by Gasteiger charge is -2.27. The van der Waals surface area contributed by atoms with Crippen LogP contribution in [-0.4, -0.2) is 23.9 Å². The lowest BCUT2D eigenvalue weighted by molar-refractivity contribution is 0.338. The predicted molar refractivity (Wildman–Crippen MR) is 71.9 cm³/mol. The lowest BCUT2D eigenvalue weighted by atomic mass is 10.1. The monoisotopic (exact) mass is 242 g/mol. The van der Waals surface area contributed by atoms with E-state index in [4.69, 9.17) is 11.0 Å². The van der Waals surface area contributed by atoms with Gasteiger partial charge in [-0.3, -0.25) is 0 Å². The van der Waals surface area contributed by atoms with E-state index in [0.717, 1.165) is 18.7 Å². The average Bonchev–Trinajstić information content (AvgIpc) is 2.46. The first-order chi connectivity index (χ1) is 8.79. The van der Waals surface area contributed by atoms with Crippen LogP contribution in [0.3, 0.4) is 0 Å². The number of rotatable bonds is 2. The highest BCUT2D eigenvalue weighted by atomic mass is 15.2. The summed E-state index contributed by atoms with van der Waals surface area (Å²) in [5.41, 5.74) is 7.73. The highest BCUT2D eigenvalue weighted by Crippen LogP contribution is 2.09. The Morgan fingerprint density at radius 2 is 1.89 bits per heavy atom. The van der Waals surface area contributed by atoms with E-state index in [1.807, 2.05) is 24.3 Å². The number of guanidine groups is 1. The van der Waals surface area contributed by atoms with Crippen molar-refractivity contribution in [1.82, 2.24) is 4.90 Å². The van der Waals surface area contributed by atoms with Gasteiger partial charge in [0, 0.05) is 13.1 Å². The molecule has 1 aromatic rings. The first-order valence-corrected chi connectivity index (χ1v) is 6.33. The first kappa shape index (κ1) is 12.4. The van der Waals surface area contributed by atoms with Gasteiger partial charge in [0.25, 0.3) is 0 Å². The molecule has 0 atom stereocenters. The normalized spacial score (nSPS) is 16.4. The Morgan fingerprint density at radius 1 is 1.22 bits per heavy atom. The highest BCUT2D eigenvalue weighted by molar-refractivity contribution is 5.78. The van der Waals surface area contributed by atoms with Crippen LogP contribution in [0.2, 0.25) is 0 Å². The minimum Gasteiger partial charge on any atom is -0.370 e. The number of nitrogens with zero attached hydrogens (tertiary/aromatic N) is 3. The third-order valence-electron chi connectivity index (χ3n) is 3.19. The maximum absolute atomic E-state index is 8.71. The number of aliphatic imine (C=N–C) groups is 1. The van der Waals surface area contributed by atoms with Gasteiger partial charge in [-0.25, -0.2) is 4.99 Å². The van der Waals surface area contributed by atoms with Gasteiger partial charge < -0.3 is 10.6 Å². The topological polar surface area (TPSA) is 65.4 Å². The molecule has 0 bridgehead atoms. The zero-order valence-electron chi connectivity index (χ0n) is 10.5. The molecule has 1 heterocycles. The van der Waals surface area contributed by atoms with E-state index in [2.05, 4.69) is 16.0 Å². The summed E-state index contributed by atoms with van der Waals surface area (Å²) in [6.45, 7) is 2.61. The molecule has 1 aliphatic rings. The van der Waals surface area contributed by atoms with Crippen LogP contribution in [0.4, 0.5) is 0 Å². The second-order valence-electron chi connectivity index (χ2n) is 4.53. The van der Waals surface area contributed by atoms with Gasteiger partial charge in [0.05, 0.1) is 18.2 Å². The fourth-order valence-electron chi connectivity index (χ4n) is 2.08. The lowest BCUT2D eigenvalue weighted by Crippen LogP contribution is -2.40.